The zero-order valence-corrected chi connectivity index (χ0v) is 12.7. The lowest BCUT2D eigenvalue weighted by Gasteiger charge is -2.19. The zero-order chi connectivity index (χ0) is 14.8. The minimum absolute atomic E-state index is 0.108. The van der Waals surface area contributed by atoms with Gasteiger partial charge in [-0.2, -0.15) is 0 Å². The average Bonchev–Trinajstić information content (AvgIpc) is 2.39. The Morgan fingerprint density at radius 1 is 1.05 bits per heavy atom. The molecule has 3 heteroatoms. The summed E-state index contributed by atoms with van der Waals surface area (Å²) in [7, 11) is 0. The van der Waals surface area contributed by atoms with Crippen LogP contribution in [0.3, 0.4) is 0 Å². The Morgan fingerprint density at radius 3 is 2.20 bits per heavy atom. The molecule has 0 fully saturated rings. The van der Waals surface area contributed by atoms with Crippen molar-refractivity contribution in [1.29, 1.82) is 0 Å². The Bertz CT molecular complexity index is 550. The third kappa shape index (κ3) is 3.64. The fraction of sp³-hybridized carbons (Fsp3) is 0.412. The van der Waals surface area contributed by atoms with Gasteiger partial charge in [-0.1, -0.05) is 45.0 Å². The largest absolute Gasteiger partial charge is 0.322 e. The predicted octanol–water partition coefficient (Wildman–Crippen LogP) is 3.33. The molecule has 0 aliphatic carbocycles. The lowest BCUT2D eigenvalue weighted by atomic mass is 9.86. The van der Waals surface area contributed by atoms with Crippen molar-refractivity contribution in [3.05, 3.63) is 59.2 Å². The van der Waals surface area contributed by atoms with E-state index in [0.29, 0.717) is 0 Å². The van der Waals surface area contributed by atoms with Gasteiger partial charge in [0.2, 0.25) is 0 Å². The maximum Gasteiger partial charge on any atom is 0.0757 e. The average molecular weight is 269 g/mol. The van der Waals surface area contributed by atoms with E-state index in [1.807, 2.05) is 6.92 Å². The molecule has 1 unspecified atom stereocenters. The van der Waals surface area contributed by atoms with Crippen molar-refractivity contribution in [2.24, 2.45) is 5.73 Å². The molecule has 0 bridgehead atoms. The topological polar surface area (TPSA) is 51.8 Å². The molecule has 1 aromatic carbocycles. The summed E-state index contributed by atoms with van der Waals surface area (Å²) in [6.07, 6.45) is 4.31. The van der Waals surface area contributed by atoms with Gasteiger partial charge >= 0.3 is 0 Å². The molecular formula is C17H23N3. The molecule has 106 valence electrons. The summed E-state index contributed by atoms with van der Waals surface area (Å²) >= 11 is 0. The molecule has 3 nitrogen and oxygen atoms in total. The van der Waals surface area contributed by atoms with Crippen molar-refractivity contribution in [2.45, 2.75) is 45.6 Å². The van der Waals surface area contributed by atoms with Gasteiger partial charge in [-0.25, -0.2) is 0 Å². The maximum absolute atomic E-state index is 6.20. The number of aryl methyl sites for hydroxylation is 1. The minimum Gasteiger partial charge on any atom is -0.322 e. The van der Waals surface area contributed by atoms with Gasteiger partial charge in [0, 0.05) is 6.20 Å². The van der Waals surface area contributed by atoms with Crippen LogP contribution in [0.5, 0.6) is 0 Å². The third-order valence-electron chi connectivity index (χ3n) is 3.46. The van der Waals surface area contributed by atoms with Gasteiger partial charge in [-0.3, -0.25) is 9.97 Å². The summed E-state index contributed by atoms with van der Waals surface area (Å²) in [5.74, 6) is 0. The van der Waals surface area contributed by atoms with Crippen LogP contribution in [0.1, 0.15) is 49.3 Å². The monoisotopic (exact) mass is 269 g/mol. The second-order valence-electron chi connectivity index (χ2n) is 6.34. The van der Waals surface area contributed by atoms with Gasteiger partial charge in [-0.15, -0.1) is 0 Å². The van der Waals surface area contributed by atoms with E-state index in [4.69, 9.17) is 5.73 Å². The van der Waals surface area contributed by atoms with Crippen molar-refractivity contribution < 1.29 is 0 Å². The Hall–Kier alpha value is -1.74. The molecule has 0 amide bonds. The van der Waals surface area contributed by atoms with Crippen molar-refractivity contribution in [2.75, 3.05) is 0 Å². The summed E-state index contributed by atoms with van der Waals surface area (Å²) < 4.78 is 0. The van der Waals surface area contributed by atoms with Crippen LogP contribution in [-0.4, -0.2) is 9.97 Å². The first-order valence-corrected chi connectivity index (χ1v) is 7.00. The summed E-state index contributed by atoms with van der Waals surface area (Å²) in [6, 6.07) is 8.57. The predicted molar refractivity (Wildman–Crippen MR) is 82.5 cm³/mol. The molecule has 1 atom stereocenters. The summed E-state index contributed by atoms with van der Waals surface area (Å²) in [6.45, 7) is 8.58. The van der Waals surface area contributed by atoms with Gasteiger partial charge in [0.15, 0.2) is 0 Å². The van der Waals surface area contributed by atoms with Crippen LogP contribution < -0.4 is 5.73 Å². The normalized spacial score (nSPS) is 13.2. The number of nitrogens with zero attached hydrogens (tertiary/aromatic N) is 2. The molecule has 1 heterocycles. The summed E-state index contributed by atoms with van der Waals surface area (Å²) in [5.41, 5.74) is 10.7. The zero-order valence-electron chi connectivity index (χ0n) is 12.7. The van der Waals surface area contributed by atoms with Crippen LogP contribution >= 0.6 is 0 Å². The van der Waals surface area contributed by atoms with Gasteiger partial charge < -0.3 is 5.73 Å². The first-order chi connectivity index (χ1) is 9.36. The molecule has 0 saturated heterocycles. The van der Waals surface area contributed by atoms with E-state index >= 15 is 0 Å². The van der Waals surface area contributed by atoms with Crippen LogP contribution in [0, 0.1) is 6.92 Å². The Kier molecular flexibility index (Phi) is 4.19. The van der Waals surface area contributed by atoms with Crippen LogP contribution in [0.15, 0.2) is 36.7 Å². The number of hydrogen-bond donors (Lipinski definition) is 1. The second-order valence-corrected chi connectivity index (χ2v) is 6.34. The van der Waals surface area contributed by atoms with Crippen molar-refractivity contribution in [1.82, 2.24) is 9.97 Å². The quantitative estimate of drug-likeness (QED) is 0.930. The standard InChI is InChI=1S/C17H23N3/c1-12-10-20-16(11-19-12)15(18)9-13-5-7-14(8-6-13)17(2,3)4/h5-8,10-11,15H,9,18H2,1-4H3. The first-order valence-electron chi connectivity index (χ1n) is 7.00. The first kappa shape index (κ1) is 14.7. The highest BCUT2D eigenvalue weighted by molar-refractivity contribution is 5.28. The molecule has 0 radical (unpaired) electrons. The SMILES string of the molecule is Cc1cnc(C(N)Cc2ccc(C(C)(C)C)cc2)cn1. The van der Waals surface area contributed by atoms with E-state index in [1.165, 1.54) is 11.1 Å². The van der Waals surface area contributed by atoms with Gasteiger partial charge in [0.05, 0.1) is 23.6 Å². The number of nitrogens with two attached hydrogens (primary N) is 1. The summed E-state index contributed by atoms with van der Waals surface area (Å²) in [4.78, 5) is 8.59. The molecule has 0 saturated carbocycles. The highest BCUT2D eigenvalue weighted by atomic mass is 14.8. The number of rotatable bonds is 3. The van der Waals surface area contributed by atoms with E-state index < -0.39 is 0 Å². The van der Waals surface area contributed by atoms with Gasteiger partial charge in [0.1, 0.15) is 0 Å². The maximum atomic E-state index is 6.20. The third-order valence-corrected chi connectivity index (χ3v) is 3.46. The molecule has 2 N–H and O–H groups in total. The molecule has 0 spiro atoms. The van der Waals surface area contributed by atoms with Crippen LogP contribution in [0.2, 0.25) is 0 Å². The minimum atomic E-state index is -0.108. The lowest BCUT2D eigenvalue weighted by molar-refractivity contribution is 0.589. The summed E-state index contributed by atoms with van der Waals surface area (Å²) in [5, 5.41) is 0. The molecule has 0 aliphatic heterocycles. The van der Waals surface area contributed by atoms with E-state index in [2.05, 4.69) is 55.0 Å². The second kappa shape index (κ2) is 5.71. The van der Waals surface area contributed by atoms with Gasteiger partial charge in [-0.05, 0) is 29.9 Å². The van der Waals surface area contributed by atoms with Gasteiger partial charge in [0.25, 0.3) is 0 Å². The highest BCUT2D eigenvalue weighted by Gasteiger charge is 2.14. The van der Waals surface area contributed by atoms with E-state index in [9.17, 15) is 0 Å². The fourth-order valence-electron chi connectivity index (χ4n) is 2.09. The molecule has 20 heavy (non-hydrogen) atoms. The molecule has 2 rings (SSSR count). The van der Waals surface area contributed by atoms with E-state index in [1.54, 1.807) is 12.4 Å². The Morgan fingerprint density at radius 2 is 1.70 bits per heavy atom. The molecule has 0 aliphatic rings. The smallest absolute Gasteiger partial charge is 0.0757 e. The number of hydrogen-bond acceptors (Lipinski definition) is 3. The van der Waals surface area contributed by atoms with Crippen LogP contribution in [0.4, 0.5) is 0 Å². The van der Waals surface area contributed by atoms with Crippen molar-refractivity contribution in [3.63, 3.8) is 0 Å². The Labute approximate surface area is 121 Å². The Balaban J connectivity index is 2.08. The van der Waals surface area contributed by atoms with Crippen LogP contribution in [-0.2, 0) is 11.8 Å². The van der Waals surface area contributed by atoms with Crippen LogP contribution in [0.25, 0.3) is 0 Å². The van der Waals surface area contributed by atoms with E-state index in [0.717, 1.165) is 17.8 Å². The van der Waals surface area contributed by atoms with Crippen molar-refractivity contribution >= 4 is 0 Å². The number of benzene rings is 1. The van der Waals surface area contributed by atoms with Crippen molar-refractivity contribution in [3.8, 4) is 0 Å². The fourth-order valence-corrected chi connectivity index (χ4v) is 2.09. The highest BCUT2D eigenvalue weighted by Crippen LogP contribution is 2.23. The molecule has 2 aromatic rings. The number of aromatic nitrogens is 2. The molecule has 1 aromatic heterocycles. The van der Waals surface area contributed by atoms with E-state index in [-0.39, 0.29) is 11.5 Å². The molecular weight excluding hydrogens is 246 g/mol. The lowest BCUT2D eigenvalue weighted by Crippen LogP contribution is -2.16.